The lowest BCUT2D eigenvalue weighted by Gasteiger charge is -2.38. The van der Waals surface area contributed by atoms with E-state index in [-0.39, 0.29) is 22.9 Å². The van der Waals surface area contributed by atoms with E-state index in [0.29, 0.717) is 41.4 Å². The molecule has 1 saturated heterocycles. The fourth-order valence-electron chi connectivity index (χ4n) is 3.44. The summed E-state index contributed by atoms with van der Waals surface area (Å²) in [6.45, 7) is 1.55. The second kappa shape index (κ2) is 9.55. The summed E-state index contributed by atoms with van der Waals surface area (Å²) >= 11 is 3.18. The lowest BCUT2D eigenvalue weighted by atomic mass is 10.0. The molecule has 0 spiro atoms. The number of carboxylic acids is 1. The molecule has 0 amide bonds. The number of hydrogen-bond donors (Lipinski definition) is 3. The third-order valence-electron chi connectivity index (χ3n) is 5.07. The van der Waals surface area contributed by atoms with Crippen LogP contribution in [0.5, 0.6) is 0 Å². The van der Waals surface area contributed by atoms with Gasteiger partial charge in [0.05, 0.1) is 12.1 Å². The van der Waals surface area contributed by atoms with Gasteiger partial charge >= 0.3 is 5.97 Å². The molecule has 1 aromatic carbocycles. The normalized spacial score (nSPS) is 15.1. The van der Waals surface area contributed by atoms with Gasteiger partial charge < -0.3 is 15.7 Å². The molecule has 2 aromatic heterocycles. The van der Waals surface area contributed by atoms with Crippen LogP contribution in [0, 0.1) is 15.3 Å². The highest BCUT2D eigenvalue weighted by molar-refractivity contribution is 14.1. The molecule has 1 aliphatic heterocycles. The van der Waals surface area contributed by atoms with E-state index in [2.05, 4.69) is 15.6 Å². The topological polar surface area (TPSA) is 112 Å². The van der Waals surface area contributed by atoms with Gasteiger partial charge in [-0.15, -0.1) is 0 Å². The average Bonchev–Trinajstić information content (AvgIpc) is 3.07. The van der Waals surface area contributed by atoms with Crippen LogP contribution in [0.15, 0.2) is 41.4 Å². The Kier molecular flexibility index (Phi) is 6.95. The van der Waals surface area contributed by atoms with Crippen molar-refractivity contribution >= 4 is 70.8 Å². The quantitative estimate of drug-likeness (QED) is 0.259. The Bertz CT molecular complexity index is 1260. The first-order valence-electron chi connectivity index (χ1n) is 9.78. The van der Waals surface area contributed by atoms with Crippen molar-refractivity contribution in [1.29, 1.82) is 0 Å². The van der Waals surface area contributed by atoms with E-state index in [0.717, 1.165) is 3.57 Å². The highest BCUT2D eigenvalue weighted by Gasteiger charge is 2.39. The monoisotopic (exact) mass is 590 g/mol. The SMILES string of the molecule is O=C(O)CCNCC1CN(S(=O)(=O)c2c(Nc3ccc(I)cc3F)sc3ncccc23)C1. The van der Waals surface area contributed by atoms with Crippen molar-refractivity contribution in [2.75, 3.05) is 31.5 Å². The first kappa shape index (κ1) is 23.3. The van der Waals surface area contributed by atoms with Crippen LogP contribution >= 0.6 is 33.9 Å². The molecule has 0 atom stereocenters. The smallest absolute Gasteiger partial charge is 0.304 e. The van der Waals surface area contributed by atoms with Gasteiger partial charge in [-0.1, -0.05) is 11.3 Å². The average molecular weight is 590 g/mol. The van der Waals surface area contributed by atoms with Gasteiger partial charge in [-0.2, -0.15) is 4.31 Å². The van der Waals surface area contributed by atoms with Crippen LogP contribution in [-0.2, 0) is 14.8 Å². The van der Waals surface area contributed by atoms with Crippen LogP contribution in [-0.4, -0.2) is 55.0 Å². The highest BCUT2D eigenvalue weighted by atomic mass is 127. The number of benzene rings is 1. The fraction of sp³-hybridized carbons (Fsp3) is 0.300. The Morgan fingerprint density at radius 3 is 2.84 bits per heavy atom. The van der Waals surface area contributed by atoms with Crippen molar-refractivity contribution in [1.82, 2.24) is 14.6 Å². The molecule has 0 aliphatic carbocycles. The Balaban J connectivity index is 1.56. The molecule has 3 N–H and O–H groups in total. The Labute approximate surface area is 202 Å². The molecule has 8 nitrogen and oxygen atoms in total. The number of thiophene rings is 1. The van der Waals surface area contributed by atoms with E-state index in [1.165, 1.54) is 21.7 Å². The molecule has 1 aliphatic rings. The van der Waals surface area contributed by atoms with Gasteiger partial charge in [0.2, 0.25) is 10.0 Å². The maximum Gasteiger partial charge on any atom is 0.304 e. The van der Waals surface area contributed by atoms with Crippen molar-refractivity contribution < 1.29 is 22.7 Å². The van der Waals surface area contributed by atoms with Gasteiger partial charge in [0.25, 0.3) is 0 Å². The molecule has 0 unspecified atom stereocenters. The number of nitrogens with one attached hydrogen (secondary N) is 2. The van der Waals surface area contributed by atoms with Crippen molar-refractivity contribution in [3.8, 4) is 0 Å². The molecule has 3 heterocycles. The second-order valence-electron chi connectivity index (χ2n) is 7.40. The number of fused-ring (bicyclic) bond motifs is 1. The molecule has 1 fully saturated rings. The summed E-state index contributed by atoms with van der Waals surface area (Å²) in [6, 6.07) is 8.07. The molecule has 0 saturated carbocycles. The maximum atomic E-state index is 14.4. The predicted octanol–water partition coefficient (Wildman–Crippen LogP) is 3.47. The van der Waals surface area contributed by atoms with Gasteiger partial charge in [-0.3, -0.25) is 4.79 Å². The van der Waals surface area contributed by atoms with E-state index in [9.17, 15) is 17.6 Å². The van der Waals surface area contributed by atoms with Gasteiger partial charge in [0.15, 0.2) is 0 Å². The molecular formula is C20H20FIN4O4S2. The minimum absolute atomic E-state index is 0.0206. The standard InChI is InChI=1S/C20H20FIN4O4S2/c21-15-8-13(22)3-4-16(15)25-20-18(14-2-1-6-24-19(14)31-20)32(29,30)26-10-12(11-26)9-23-7-5-17(27)28/h1-4,6,8,12,23,25H,5,7,9-11H2,(H,27,28). The first-order chi connectivity index (χ1) is 15.3. The van der Waals surface area contributed by atoms with Crippen LogP contribution in [0.25, 0.3) is 10.2 Å². The van der Waals surface area contributed by atoms with Crippen molar-refractivity contribution in [3.05, 3.63) is 45.9 Å². The summed E-state index contributed by atoms with van der Waals surface area (Å²) in [5.74, 6) is -1.24. The van der Waals surface area contributed by atoms with Crippen molar-refractivity contribution in [2.24, 2.45) is 5.92 Å². The summed E-state index contributed by atoms with van der Waals surface area (Å²) in [7, 11) is -3.84. The number of carbonyl (C=O) groups is 1. The Morgan fingerprint density at radius 1 is 1.34 bits per heavy atom. The number of nitrogens with zero attached hydrogens (tertiary/aromatic N) is 2. The molecule has 32 heavy (non-hydrogen) atoms. The van der Waals surface area contributed by atoms with Crippen LogP contribution < -0.4 is 10.6 Å². The predicted molar refractivity (Wildman–Crippen MR) is 129 cm³/mol. The van der Waals surface area contributed by atoms with E-state index in [4.69, 9.17) is 5.11 Å². The van der Waals surface area contributed by atoms with Crippen LogP contribution in [0.1, 0.15) is 6.42 Å². The number of pyridine rings is 1. The minimum atomic E-state index is -3.84. The zero-order valence-corrected chi connectivity index (χ0v) is 20.5. The molecule has 0 bridgehead atoms. The van der Waals surface area contributed by atoms with Gasteiger partial charge in [-0.05, 0) is 58.8 Å². The number of sulfonamides is 1. The highest BCUT2D eigenvalue weighted by Crippen LogP contribution is 2.42. The molecule has 12 heteroatoms. The Morgan fingerprint density at radius 2 is 2.12 bits per heavy atom. The number of anilines is 2. The van der Waals surface area contributed by atoms with Gasteiger partial charge in [0, 0.05) is 41.3 Å². The van der Waals surface area contributed by atoms with E-state index in [1.54, 1.807) is 30.5 Å². The second-order valence-corrected chi connectivity index (χ2v) is 11.5. The zero-order valence-electron chi connectivity index (χ0n) is 16.7. The van der Waals surface area contributed by atoms with Gasteiger partial charge in [-0.25, -0.2) is 17.8 Å². The van der Waals surface area contributed by atoms with Gasteiger partial charge in [0.1, 0.15) is 20.5 Å². The van der Waals surface area contributed by atoms with Crippen LogP contribution in [0.2, 0.25) is 0 Å². The van der Waals surface area contributed by atoms with Crippen molar-refractivity contribution in [3.63, 3.8) is 0 Å². The Hall–Kier alpha value is -1.87. The first-order valence-corrected chi connectivity index (χ1v) is 13.1. The third-order valence-corrected chi connectivity index (χ3v) is 8.82. The lowest BCUT2D eigenvalue weighted by Crippen LogP contribution is -2.53. The molecule has 170 valence electrons. The summed E-state index contributed by atoms with van der Waals surface area (Å²) in [5, 5.41) is 15.5. The summed E-state index contributed by atoms with van der Waals surface area (Å²) in [4.78, 5) is 15.5. The number of hydrogen-bond acceptors (Lipinski definition) is 7. The van der Waals surface area contributed by atoms with E-state index in [1.807, 2.05) is 22.6 Å². The summed E-state index contributed by atoms with van der Waals surface area (Å²) < 4.78 is 43.5. The molecule has 4 rings (SSSR count). The number of aliphatic carboxylic acids is 1. The van der Waals surface area contributed by atoms with Crippen LogP contribution in [0.3, 0.4) is 0 Å². The summed E-state index contributed by atoms with van der Waals surface area (Å²) in [6.07, 6.45) is 1.61. The maximum absolute atomic E-state index is 14.4. The number of rotatable bonds is 9. The summed E-state index contributed by atoms with van der Waals surface area (Å²) in [5.41, 5.74) is 0.192. The fourth-order valence-corrected chi connectivity index (χ4v) is 7.15. The molecule has 0 radical (unpaired) electrons. The van der Waals surface area contributed by atoms with Crippen LogP contribution in [0.4, 0.5) is 15.1 Å². The van der Waals surface area contributed by atoms with E-state index < -0.39 is 21.8 Å². The third kappa shape index (κ3) is 4.88. The lowest BCUT2D eigenvalue weighted by molar-refractivity contribution is -0.136. The number of halogens is 2. The van der Waals surface area contributed by atoms with E-state index >= 15 is 0 Å². The largest absolute Gasteiger partial charge is 0.481 e. The molecule has 3 aromatic rings. The minimum Gasteiger partial charge on any atom is -0.481 e. The molecular weight excluding hydrogens is 570 g/mol. The number of aromatic nitrogens is 1. The zero-order chi connectivity index (χ0) is 22.9. The van der Waals surface area contributed by atoms with Crippen molar-refractivity contribution in [2.45, 2.75) is 11.3 Å². The number of carboxylic acid groups (broad SMARTS) is 1.